The van der Waals surface area contributed by atoms with Gasteiger partial charge in [0.2, 0.25) is 5.91 Å². The summed E-state index contributed by atoms with van der Waals surface area (Å²) in [5.41, 5.74) is 0. The molecule has 5 heteroatoms. The molecule has 0 aromatic carbocycles. The Morgan fingerprint density at radius 3 is 2.36 bits per heavy atom. The number of likely N-dealkylation sites (tertiary alicyclic amines) is 1. The predicted octanol–water partition coefficient (Wildman–Crippen LogP) is 1.33. The van der Waals surface area contributed by atoms with E-state index in [4.69, 9.17) is 4.74 Å². The molecule has 2 rings (SSSR count). The summed E-state index contributed by atoms with van der Waals surface area (Å²) in [6.45, 7) is 13.0. The summed E-state index contributed by atoms with van der Waals surface area (Å²) < 4.78 is 5.44. The van der Waals surface area contributed by atoms with Crippen LogP contribution in [0.3, 0.4) is 0 Å². The van der Waals surface area contributed by atoms with E-state index >= 15 is 0 Å². The third kappa shape index (κ3) is 4.93. The first kappa shape index (κ1) is 17.7. The number of hydrogen-bond acceptors (Lipinski definition) is 4. The van der Waals surface area contributed by atoms with Crippen molar-refractivity contribution in [2.45, 2.75) is 52.1 Å². The summed E-state index contributed by atoms with van der Waals surface area (Å²) in [6.07, 6.45) is 3.34. The summed E-state index contributed by atoms with van der Waals surface area (Å²) >= 11 is 0. The maximum atomic E-state index is 12.0. The van der Waals surface area contributed by atoms with Crippen molar-refractivity contribution >= 4 is 5.91 Å². The van der Waals surface area contributed by atoms with Crippen LogP contribution in [-0.4, -0.2) is 73.7 Å². The lowest BCUT2D eigenvalue weighted by atomic mass is 10.0. The molecule has 2 fully saturated rings. The highest BCUT2D eigenvalue weighted by Gasteiger charge is 2.25. The highest BCUT2D eigenvalue weighted by molar-refractivity contribution is 5.78. The van der Waals surface area contributed by atoms with Gasteiger partial charge < -0.3 is 15.0 Å². The maximum Gasteiger partial charge on any atom is 0.225 e. The molecule has 2 saturated heterocycles. The molecule has 0 aliphatic carbocycles. The lowest BCUT2D eigenvalue weighted by molar-refractivity contribution is -0.135. The van der Waals surface area contributed by atoms with Crippen molar-refractivity contribution in [1.29, 1.82) is 0 Å². The number of ether oxygens (including phenoxy) is 1. The van der Waals surface area contributed by atoms with E-state index in [1.807, 2.05) is 18.7 Å². The van der Waals surface area contributed by atoms with Gasteiger partial charge in [0, 0.05) is 50.7 Å². The topological polar surface area (TPSA) is 44.8 Å². The molecular formula is C17H33N3O2. The van der Waals surface area contributed by atoms with Gasteiger partial charge in [-0.2, -0.15) is 0 Å². The van der Waals surface area contributed by atoms with Crippen molar-refractivity contribution in [2.75, 3.05) is 45.9 Å². The van der Waals surface area contributed by atoms with Crippen LogP contribution in [0.4, 0.5) is 0 Å². The largest absolute Gasteiger partial charge is 0.379 e. The van der Waals surface area contributed by atoms with Crippen LogP contribution in [0.1, 0.15) is 40.0 Å². The molecule has 1 N–H and O–H groups in total. The fourth-order valence-electron chi connectivity index (χ4n) is 3.45. The zero-order valence-electron chi connectivity index (χ0n) is 14.5. The number of nitrogens with one attached hydrogen (secondary N) is 1. The monoisotopic (exact) mass is 311 g/mol. The zero-order chi connectivity index (χ0) is 15.9. The smallest absolute Gasteiger partial charge is 0.225 e. The Hall–Kier alpha value is -0.650. The lowest BCUT2D eigenvalue weighted by Gasteiger charge is -2.37. The fourth-order valence-corrected chi connectivity index (χ4v) is 3.45. The Morgan fingerprint density at radius 2 is 1.82 bits per heavy atom. The van der Waals surface area contributed by atoms with Crippen molar-refractivity contribution in [3.05, 3.63) is 0 Å². The Kier molecular flexibility index (Phi) is 7.12. The second-order valence-electron chi connectivity index (χ2n) is 6.87. The molecule has 1 amide bonds. The second kappa shape index (κ2) is 8.85. The van der Waals surface area contributed by atoms with Gasteiger partial charge in [-0.3, -0.25) is 9.69 Å². The Balaban J connectivity index is 1.70. The molecule has 0 unspecified atom stereocenters. The SMILES string of the molecule is CC[C@@H](CNC1CCN(C(=O)C(C)C)CC1)N1CCOCC1. The highest BCUT2D eigenvalue weighted by Crippen LogP contribution is 2.14. The normalized spacial score (nSPS) is 23.0. The van der Waals surface area contributed by atoms with Crippen LogP contribution in [0, 0.1) is 5.92 Å². The Labute approximate surface area is 135 Å². The third-order valence-electron chi connectivity index (χ3n) is 4.98. The Morgan fingerprint density at radius 1 is 1.18 bits per heavy atom. The van der Waals surface area contributed by atoms with E-state index < -0.39 is 0 Å². The van der Waals surface area contributed by atoms with Gasteiger partial charge in [0.15, 0.2) is 0 Å². The van der Waals surface area contributed by atoms with Crippen molar-refractivity contribution in [1.82, 2.24) is 15.1 Å². The second-order valence-corrected chi connectivity index (χ2v) is 6.87. The van der Waals surface area contributed by atoms with Crippen molar-refractivity contribution < 1.29 is 9.53 Å². The first-order valence-electron chi connectivity index (χ1n) is 8.95. The molecular weight excluding hydrogens is 278 g/mol. The van der Waals surface area contributed by atoms with Gasteiger partial charge in [0.05, 0.1) is 13.2 Å². The van der Waals surface area contributed by atoms with Crippen LogP contribution in [0.25, 0.3) is 0 Å². The van der Waals surface area contributed by atoms with Gasteiger partial charge in [-0.1, -0.05) is 20.8 Å². The van der Waals surface area contributed by atoms with E-state index in [-0.39, 0.29) is 5.92 Å². The number of nitrogens with zero attached hydrogens (tertiary/aromatic N) is 2. The number of carbonyl (C=O) groups is 1. The molecule has 0 aromatic rings. The van der Waals surface area contributed by atoms with E-state index in [0.29, 0.717) is 18.0 Å². The lowest BCUT2D eigenvalue weighted by Crippen LogP contribution is -2.51. The van der Waals surface area contributed by atoms with Gasteiger partial charge >= 0.3 is 0 Å². The van der Waals surface area contributed by atoms with Gasteiger partial charge in [-0.25, -0.2) is 0 Å². The summed E-state index contributed by atoms with van der Waals surface area (Å²) in [5, 5.41) is 3.74. The summed E-state index contributed by atoms with van der Waals surface area (Å²) in [5.74, 6) is 0.425. The summed E-state index contributed by atoms with van der Waals surface area (Å²) in [6, 6.07) is 1.17. The number of piperidine rings is 1. The minimum absolute atomic E-state index is 0.121. The summed E-state index contributed by atoms with van der Waals surface area (Å²) in [7, 11) is 0. The summed E-state index contributed by atoms with van der Waals surface area (Å²) in [4.78, 5) is 16.6. The van der Waals surface area contributed by atoms with Crippen LogP contribution in [-0.2, 0) is 9.53 Å². The fraction of sp³-hybridized carbons (Fsp3) is 0.941. The molecule has 22 heavy (non-hydrogen) atoms. The van der Waals surface area contributed by atoms with Gasteiger partial charge in [-0.05, 0) is 19.3 Å². The molecule has 0 bridgehead atoms. The minimum atomic E-state index is 0.121. The number of morpholine rings is 1. The van der Waals surface area contributed by atoms with Crippen molar-refractivity contribution in [2.24, 2.45) is 5.92 Å². The predicted molar refractivity (Wildman–Crippen MR) is 88.9 cm³/mol. The molecule has 0 spiro atoms. The molecule has 0 saturated carbocycles. The van der Waals surface area contributed by atoms with Crippen LogP contribution < -0.4 is 5.32 Å². The maximum absolute atomic E-state index is 12.0. The third-order valence-corrected chi connectivity index (χ3v) is 4.98. The molecule has 2 heterocycles. The molecule has 2 aliphatic heterocycles. The van der Waals surface area contributed by atoms with E-state index in [1.54, 1.807) is 0 Å². The number of carbonyl (C=O) groups excluding carboxylic acids is 1. The van der Waals surface area contributed by atoms with Crippen LogP contribution in [0.15, 0.2) is 0 Å². The van der Waals surface area contributed by atoms with E-state index in [0.717, 1.165) is 58.8 Å². The quantitative estimate of drug-likeness (QED) is 0.804. The number of amides is 1. The average Bonchev–Trinajstić information content (AvgIpc) is 2.56. The first-order valence-corrected chi connectivity index (χ1v) is 8.95. The van der Waals surface area contributed by atoms with Crippen LogP contribution >= 0.6 is 0 Å². The highest BCUT2D eigenvalue weighted by atomic mass is 16.5. The van der Waals surface area contributed by atoms with Gasteiger partial charge in [-0.15, -0.1) is 0 Å². The van der Waals surface area contributed by atoms with Crippen LogP contribution in [0.5, 0.6) is 0 Å². The molecule has 5 nitrogen and oxygen atoms in total. The number of rotatable bonds is 6. The minimum Gasteiger partial charge on any atom is -0.379 e. The van der Waals surface area contributed by atoms with Crippen molar-refractivity contribution in [3.63, 3.8) is 0 Å². The van der Waals surface area contributed by atoms with E-state index in [1.165, 1.54) is 6.42 Å². The molecule has 128 valence electrons. The van der Waals surface area contributed by atoms with Gasteiger partial charge in [0.1, 0.15) is 0 Å². The Bertz CT molecular complexity index is 335. The van der Waals surface area contributed by atoms with E-state index in [9.17, 15) is 4.79 Å². The first-order chi connectivity index (χ1) is 10.6. The number of hydrogen-bond donors (Lipinski definition) is 1. The van der Waals surface area contributed by atoms with Gasteiger partial charge in [0.25, 0.3) is 0 Å². The molecule has 2 aliphatic rings. The molecule has 1 atom stereocenters. The molecule has 0 radical (unpaired) electrons. The zero-order valence-corrected chi connectivity index (χ0v) is 14.5. The van der Waals surface area contributed by atoms with Crippen LogP contribution in [0.2, 0.25) is 0 Å². The average molecular weight is 311 g/mol. The van der Waals surface area contributed by atoms with E-state index in [2.05, 4.69) is 17.1 Å². The standard InChI is InChI=1S/C17H33N3O2/c1-4-16(19-9-11-22-12-10-19)13-18-15-5-7-20(8-6-15)17(21)14(2)3/h14-16,18H,4-13H2,1-3H3/t16-/m0/s1. The molecule has 0 aromatic heterocycles. The van der Waals surface area contributed by atoms with Crippen molar-refractivity contribution in [3.8, 4) is 0 Å².